The molecule has 4 aromatic carbocycles. The van der Waals surface area contributed by atoms with Crippen molar-refractivity contribution in [2.24, 2.45) is 0 Å². The highest BCUT2D eigenvalue weighted by Gasteiger charge is 2.39. The molecule has 31 heavy (non-hydrogen) atoms. The molecule has 0 fully saturated rings. The fourth-order valence-electron chi connectivity index (χ4n) is 4.52. The number of aromatic nitrogens is 2. The summed E-state index contributed by atoms with van der Waals surface area (Å²) in [5, 5.41) is 0. The molecule has 5 aromatic rings. The van der Waals surface area contributed by atoms with Gasteiger partial charge in [-0.1, -0.05) is 121 Å². The molecule has 0 aliphatic carbocycles. The average molecular weight is 401 g/mol. The van der Waals surface area contributed by atoms with Gasteiger partial charge in [-0.05, 0) is 22.3 Å². The smallest absolute Gasteiger partial charge is 0.121 e. The molecule has 0 amide bonds. The number of benzene rings is 4. The van der Waals surface area contributed by atoms with Gasteiger partial charge in [0.05, 0.1) is 6.33 Å². The third-order valence-electron chi connectivity index (χ3n) is 5.88. The van der Waals surface area contributed by atoms with Gasteiger partial charge in [0.2, 0.25) is 0 Å². The minimum atomic E-state index is -0.523. The zero-order valence-corrected chi connectivity index (χ0v) is 17.3. The summed E-state index contributed by atoms with van der Waals surface area (Å²) in [7, 11) is 0. The molecule has 0 atom stereocenters. The first-order chi connectivity index (χ1) is 15.4. The topological polar surface area (TPSA) is 17.8 Å². The molecule has 2 nitrogen and oxygen atoms in total. The molecule has 0 saturated carbocycles. The van der Waals surface area contributed by atoms with Crippen molar-refractivity contribution in [3.63, 3.8) is 0 Å². The van der Waals surface area contributed by atoms with Crippen LogP contribution in [0.4, 0.5) is 0 Å². The lowest BCUT2D eigenvalue weighted by Gasteiger charge is -2.38. The summed E-state index contributed by atoms with van der Waals surface area (Å²) in [6.07, 6.45) is 4.79. The Morgan fingerprint density at radius 1 is 0.548 bits per heavy atom. The summed E-state index contributed by atoms with van der Waals surface area (Å²) >= 11 is 0. The van der Waals surface area contributed by atoms with Gasteiger partial charge in [-0.25, -0.2) is 4.98 Å². The Balaban J connectivity index is 1.81. The van der Waals surface area contributed by atoms with Crippen LogP contribution in [0.1, 0.15) is 27.9 Å². The van der Waals surface area contributed by atoms with Gasteiger partial charge in [-0.15, -0.1) is 0 Å². The molecule has 5 rings (SSSR count). The van der Waals surface area contributed by atoms with E-state index in [1.54, 1.807) is 0 Å². The lowest BCUT2D eigenvalue weighted by Crippen LogP contribution is -2.38. The standard InChI is InChI=1S/C29H24N2/c1-5-13-24(14-6-1)21-28-22-30-23-31(28)29(25-15-7-2-8-16-25,26-17-9-3-10-18-26)27-19-11-4-12-20-27/h1-20,22-23H,21H2. The monoisotopic (exact) mass is 400 g/mol. The van der Waals surface area contributed by atoms with Crippen molar-refractivity contribution in [3.8, 4) is 0 Å². The number of imidazole rings is 1. The number of rotatable bonds is 6. The van der Waals surface area contributed by atoms with E-state index in [0.717, 1.165) is 6.42 Å². The van der Waals surface area contributed by atoms with Crippen molar-refractivity contribution in [3.05, 3.63) is 162 Å². The maximum atomic E-state index is 4.62. The second-order valence-corrected chi connectivity index (χ2v) is 7.73. The summed E-state index contributed by atoms with van der Waals surface area (Å²) in [6, 6.07) is 42.8. The molecule has 0 unspecified atom stereocenters. The Labute approximate surface area is 183 Å². The first-order valence-electron chi connectivity index (χ1n) is 10.6. The van der Waals surface area contributed by atoms with Gasteiger partial charge in [0, 0.05) is 18.3 Å². The highest BCUT2D eigenvalue weighted by molar-refractivity contribution is 5.51. The van der Waals surface area contributed by atoms with Gasteiger partial charge in [-0.3, -0.25) is 0 Å². The van der Waals surface area contributed by atoms with Crippen molar-refractivity contribution in [1.82, 2.24) is 9.55 Å². The van der Waals surface area contributed by atoms with E-state index in [1.165, 1.54) is 27.9 Å². The highest BCUT2D eigenvalue weighted by atomic mass is 15.1. The van der Waals surface area contributed by atoms with Crippen LogP contribution in [0.3, 0.4) is 0 Å². The normalized spacial score (nSPS) is 11.4. The number of nitrogens with zero attached hydrogens (tertiary/aromatic N) is 2. The molecule has 2 heteroatoms. The fourth-order valence-corrected chi connectivity index (χ4v) is 4.52. The van der Waals surface area contributed by atoms with Crippen molar-refractivity contribution in [2.45, 2.75) is 12.0 Å². The maximum absolute atomic E-state index is 4.62. The van der Waals surface area contributed by atoms with E-state index in [0.29, 0.717) is 0 Å². The summed E-state index contributed by atoms with van der Waals surface area (Å²) in [5.74, 6) is 0. The quantitative estimate of drug-likeness (QED) is 0.305. The molecular weight excluding hydrogens is 376 g/mol. The highest BCUT2D eigenvalue weighted by Crippen LogP contribution is 2.41. The first-order valence-corrected chi connectivity index (χ1v) is 10.6. The lowest BCUT2D eigenvalue weighted by molar-refractivity contribution is 0.499. The maximum Gasteiger partial charge on any atom is 0.121 e. The minimum absolute atomic E-state index is 0.523. The van der Waals surface area contributed by atoms with Crippen LogP contribution >= 0.6 is 0 Å². The van der Waals surface area contributed by atoms with Gasteiger partial charge in [-0.2, -0.15) is 0 Å². The predicted octanol–water partition coefficient (Wildman–Crippen LogP) is 6.31. The Hall–Kier alpha value is -3.91. The molecule has 0 N–H and O–H groups in total. The molecule has 1 aromatic heterocycles. The van der Waals surface area contributed by atoms with Gasteiger partial charge in [0.25, 0.3) is 0 Å². The minimum Gasteiger partial charge on any atom is -0.316 e. The van der Waals surface area contributed by atoms with Crippen LogP contribution in [0.15, 0.2) is 134 Å². The lowest BCUT2D eigenvalue weighted by atomic mass is 9.76. The zero-order valence-electron chi connectivity index (χ0n) is 17.3. The van der Waals surface area contributed by atoms with Crippen molar-refractivity contribution in [2.75, 3.05) is 0 Å². The molecule has 0 saturated heterocycles. The van der Waals surface area contributed by atoms with Crippen LogP contribution in [-0.2, 0) is 12.0 Å². The van der Waals surface area contributed by atoms with Crippen LogP contribution in [0, 0.1) is 0 Å². The largest absolute Gasteiger partial charge is 0.316 e. The molecule has 150 valence electrons. The summed E-state index contributed by atoms with van der Waals surface area (Å²) in [4.78, 5) is 4.62. The Bertz CT molecular complexity index is 1130. The number of hydrogen-bond acceptors (Lipinski definition) is 1. The average Bonchev–Trinajstić information content (AvgIpc) is 3.31. The van der Waals surface area contributed by atoms with E-state index in [1.807, 2.05) is 12.5 Å². The van der Waals surface area contributed by atoms with E-state index in [-0.39, 0.29) is 0 Å². The zero-order chi connectivity index (χ0) is 20.9. The van der Waals surface area contributed by atoms with Gasteiger partial charge < -0.3 is 4.57 Å². The van der Waals surface area contributed by atoms with E-state index in [2.05, 4.69) is 131 Å². The summed E-state index contributed by atoms with van der Waals surface area (Å²) < 4.78 is 2.35. The number of hydrogen-bond donors (Lipinski definition) is 0. The Kier molecular flexibility index (Phi) is 5.20. The molecule has 1 heterocycles. The van der Waals surface area contributed by atoms with Gasteiger partial charge in [0.1, 0.15) is 5.54 Å². The second kappa shape index (κ2) is 8.45. The fraction of sp³-hybridized carbons (Fsp3) is 0.0690. The van der Waals surface area contributed by atoms with Crippen LogP contribution in [0.25, 0.3) is 0 Å². The molecule has 0 aliphatic rings. The second-order valence-electron chi connectivity index (χ2n) is 7.73. The van der Waals surface area contributed by atoms with E-state index >= 15 is 0 Å². The molecular formula is C29H24N2. The van der Waals surface area contributed by atoms with Crippen LogP contribution in [0.2, 0.25) is 0 Å². The van der Waals surface area contributed by atoms with Crippen LogP contribution < -0.4 is 0 Å². The molecule has 0 bridgehead atoms. The third-order valence-corrected chi connectivity index (χ3v) is 5.88. The van der Waals surface area contributed by atoms with Crippen LogP contribution in [0.5, 0.6) is 0 Å². The predicted molar refractivity (Wildman–Crippen MR) is 126 cm³/mol. The molecule has 0 spiro atoms. The van der Waals surface area contributed by atoms with Crippen molar-refractivity contribution in [1.29, 1.82) is 0 Å². The SMILES string of the molecule is c1ccc(Cc2cncn2C(c2ccccc2)(c2ccccc2)c2ccccc2)cc1. The first kappa shape index (κ1) is 19.1. The Morgan fingerprint density at radius 2 is 0.968 bits per heavy atom. The summed E-state index contributed by atoms with van der Waals surface area (Å²) in [5.41, 5.74) is 5.54. The van der Waals surface area contributed by atoms with Gasteiger partial charge >= 0.3 is 0 Å². The van der Waals surface area contributed by atoms with Crippen molar-refractivity contribution < 1.29 is 0 Å². The van der Waals surface area contributed by atoms with Crippen molar-refractivity contribution >= 4 is 0 Å². The third kappa shape index (κ3) is 3.47. The molecule has 0 radical (unpaired) electrons. The van der Waals surface area contributed by atoms with Gasteiger partial charge in [0.15, 0.2) is 0 Å². The molecule has 0 aliphatic heterocycles. The van der Waals surface area contributed by atoms with E-state index < -0.39 is 5.54 Å². The van der Waals surface area contributed by atoms with E-state index in [9.17, 15) is 0 Å². The Morgan fingerprint density at radius 3 is 1.42 bits per heavy atom. The summed E-state index contributed by atoms with van der Waals surface area (Å²) in [6.45, 7) is 0. The van der Waals surface area contributed by atoms with E-state index in [4.69, 9.17) is 0 Å². The van der Waals surface area contributed by atoms with Crippen LogP contribution in [-0.4, -0.2) is 9.55 Å².